The highest BCUT2D eigenvalue weighted by Gasteiger charge is 2.19. The molecule has 1 aliphatic rings. The van der Waals surface area contributed by atoms with Crippen LogP contribution in [0.1, 0.15) is 30.3 Å². The molecule has 2 aromatic heterocycles. The van der Waals surface area contributed by atoms with Crippen molar-refractivity contribution >= 4 is 27.6 Å². The zero-order valence-electron chi connectivity index (χ0n) is 20.4. The monoisotopic (exact) mass is 487 g/mol. The predicted octanol–water partition coefficient (Wildman–Crippen LogP) is 4.62. The van der Waals surface area contributed by atoms with Gasteiger partial charge in [0.25, 0.3) is 0 Å². The first-order valence-electron chi connectivity index (χ1n) is 12.1. The molecule has 2 aromatic carbocycles. The Kier molecular flexibility index (Phi) is 6.97. The molecule has 1 aliphatic heterocycles. The number of carbonyl (C=O) groups is 1. The minimum absolute atomic E-state index is 0.177. The molecule has 0 bridgehead atoms. The minimum Gasteiger partial charge on any atom is -0.493 e. The lowest BCUT2D eigenvalue weighted by molar-refractivity contribution is 0.0630. The van der Waals surface area contributed by atoms with Crippen LogP contribution in [0.25, 0.3) is 21.8 Å². The molecule has 4 aromatic rings. The number of rotatable bonds is 8. The summed E-state index contributed by atoms with van der Waals surface area (Å²) in [6, 6.07) is 14.9. The van der Waals surface area contributed by atoms with Crippen LogP contribution >= 0.6 is 0 Å². The average Bonchev–Trinajstić information content (AvgIpc) is 2.88. The Balaban J connectivity index is 1.42. The van der Waals surface area contributed by atoms with Crippen LogP contribution in [-0.2, 0) is 0 Å². The fourth-order valence-corrected chi connectivity index (χ4v) is 4.55. The molecular weight excluding hydrogens is 458 g/mol. The number of ketones is 1. The molecule has 8 nitrogen and oxygen atoms in total. The third kappa shape index (κ3) is 5.10. The molecule has 0 spiro atoms. The van der Waals surface area contributed by atoms with Crippen LogP contribution in [0.2, 0.25) is 0 Å². The highest BCUT2D eigenvalue weighted by atomic mass is 16.5. The van der Waals surface area contributed by atoms with E-state index in [1.54, 1.807) is 19.4 Å². The molecule has 1 unspecified atom stereocenters. The van der Waals surface area contributed by atoms with E-state index in [0.717, 1.165) is 42.2 Å². The maximum absolute atomic E-state index is 12.3. The maximum atomic E-state index is 12.3. The number of β-amino-alcohol motifs (C(OH)–C–C–N with tert-alkyl or cyclic N) is 1. The van der Waals surface area contributed by atoms with Gasteiger partial charge in [-0.15, -0.1) is 0 Å². The molecule has 5 rings (SSSR count). The van der Waals surface area contributed by atoms with Crippen molar-refractivity contribution < 1.29 is 24.1 Å². The zero-order chi connectivity index (χ0) is 25.1. The summed E-state index contributed by atoms with van der Waals surface area (Å²) in [5.74, 6) is 1.89. The average molecular weight is 488 g/mol. The van der Waals surface area contributed by atoms with Crippen molar-refractivity contribution in [1.82, 2.24) is 14.9 Å². The molecule has 186 valence electrons. The fourth-order valence-electron chi connectivity index (χ4n) is 4.55. The normalized spacial score (nSPS) is 16.2. The summed E-state index contributed by atoms with van der Waals surface area (Å²) in [4.78, 5) is 23.6. The van der Waals surface area contributed by atoms with Gasteiger partial charge in [-0.3, -0.25) is 14.7 Å². The number of nitrogens with zero attached hydrogens (tertiary/aromatic N) is 3. The van der Waals surface area contributed by atoms with E-state index in [-0.39, 0.29) is 17.6 Å². The number of benzene rings is 2. The second kappa shape index (κ2) is 10.5. The summed E-state index contributed by atoms with van der Waals surface area (Å²) in [7, 11) is 1.59. The summed E-state index contributed by atoms with van der Waals surface area (Å²) in [5.41, 5.74) is 1.68. The van der Waals surface area contributed by atoms with Gasteiger partial charge in [0.2, 0.25) is 0 Å². The van der Waals surface area contributed by atoms with Crippen molar-refractivity contribution in [2.45, 2.75) is 25.9 Å². The first kappa shape index (κ1) is 24.0. The van der Waals surface area contributed by atoms with Crippen LogP contribution in [0.15, 0.2) is 54.7 Å². The van der Waals surface area contributed by atoms with Gasteiger partial charge in [-0.25, -0.2) is 4.98 Å². The number of aromatic nitrogens is 2. The van der Waals surface area contributed by atoms with Gasteiger partial charge in [0.1, 0.15) is 18.1 Å². The number of likely N-dealkylation sites (tertiary alicyclic amines) is 1. The van der Waals surface area contributed by atoms with Crippen molar-refractivity contribution in [1.29, 1.82) is 0 Å². The first-order valence-corrected chi connectivity index (χ1v) is 12.1. The first-order chi connectivity index (χ1) is 17.5. The molecule has 0 radical (unpaired) electrons. The third-order valence-corrected chi connectivity index (χ3v) is 6.38. The van der Waals surface area contributed by atoms with Crippen molar-refractivity contribution in [2.24, 2.45) is 0 Å². The molecule has 1 N–H and O–H groups in total. The smallest absolute Gasteiger partial charge is 0.181 e. The van der Waals surface area contributed by atoms with Gasteiger partial charge >= 0.3 is 0 Å². The lowest BCUT2D eigenvalue weighted by atomic mass is 10.1. The third-order valence-electron chi connectivity index (χ3n) is 6.38. The molecule has 0 amide bonds. The Morgan fingerprint density at radius 3 is 2.75 bits per heavy atom. The van der Waals surface area contributed by atoms with E-state index in [9.17, 15) is 9.90 Å². The van der Waals surface area contributed by atoms with Crippen molar-refractivity contribution in [2.75, 3.05) is 33.4 Å². The van der Waals surface area contributed by atoms with Gasteiger partial charge in [-0.1, -0.05) is 18.2 Å². The molecule has 3 heterocycles. The largest absolute Gasteiger partial charge is 0.493 e. The van der Waals surface area contributed by atoms with Crippen LogP contribution in [0.4, 0.5) is 0 Å². The molecule has 8 heteroatoms. The standard InChI is InChI=1S/C28H29N3O5/c1-18(32)28-27(14-19-6-3-4-8-22(19)30-28)36-24-9-10-29-23-16-26(25(34-2)15-21(23)24)35-13-12-31-11-5-7-20(33)17-31/h3-4,6,8-10,14-16,20,33H,5,7,11-13,17H2,1-2H3. The number of aliphatic hydroxyl groups is 1. The predicted molar refractivity (Wildman–Crippen MR) is 137 cm³/mol. The molecule has 36 heavy (non-hydrogen) atoms. The second-order valence-corrected chi connectivity index (χ2v) is 8.96. The van der Waals surface area contributed by atoms with E-state index in [0.29, 0.717) is 41.7 Å². The van der Waals surface area contributed by atoms with Gasteiger partial charge < -0.3 is 19.3 Å². The molecule has 1 saturated heterocycles. The van der Waals surface area contributed by atoms with Crippen LogP contribution < -0.4 is 14.2 Å². The van der Waals surface area contributed by atoms with Gasteiger partial charge in [0.05, 0.1) is 24.2 Å². The summed E-state index contributed by atoms with van der Waals surface area (Å²) in [6.07, 6.45) is 3.24. The van der Waals surface area contributed by atoms with Crippen LogP contribution in [0.5, 0.6) is 23.0 Å². The number of piperidine rings is 1. The number of hydrogen-bond donors (Lipinski definition) is 1. The summed E-state index contributed by atoms with van der Waals surface area (Å²) < 4.78 is 17.9. The summed E-state index contributed by atoms with van der Waals surface area (Å²) in [5, 5.41) is 11.5. The quantitative estimate of drug-likeness (QED) is 0.360. The van der Waals surface area contributed by atoms with E-state index < -0.39 is 0 Å². The van der Waals surface area contributed by atoms with Gasteiger partial charge in [0.15, 0.2) is 23.0 Å². The SMILES string of the molecule is COc1cc2c(Oc3cc4ccccc4nc3C(C)=O)ccnc2cc1OCCN1CCCC(O)C1. The Hall–Kier alpha value is -3.75. The number of pyridine rings is 2. The Morgan fingerprint density at radius 1 is 1.08 bits per heavy atom. The lowest BCUT2D eigenvalue weighted by Gasteiger charge is -2.29. The minimum atomic E-state index is -0.266. The van der Waals surface area contributed by atoms with Crippen LogP contribution in [0, 0.1) is 0 Å². The zero-order valence-corrected chi connectivity index (χ0v) is 20.4. The van der Waals surface area contributed by atoms with Crippen molar-refractivity contribution in [3.63, 3.8) is 0 Å². The fraction of sp³-hybridized carbons (Fsp3) is 0.321. The van der Waals surface area contributed by atoms with Crippen molar-refractivity contribution in [3.8, 4) is 23.0 Å². The number of carbonyl (C=O) groups excluding carboxylic acids is 1. The maximum Gasteiger partial charge on any atom is 0.181 e. The Labute approximate surface area is 209 Å². The Bertz CT molecular complexity index is 1410. The van der Waals surface area contributed by atoms with Crippen LogP contribution in [0.3, 0.4) is 0 Å². The lowest BCUT2D eigenvalue weighted by Crippen LogP contribution is -2.40. The number of fused-ring (bicyclic) bond motifs is 2. The van der Waals surface area contributed by atoms with E-state index in [2.05, 4.69) is 14.9 Å². The summed E-state index contributed by atoms with van der Waals surface area (Å²) in [6.45, 7) is 4.30. The number of hydrogen-bond acceptors (Lipinski definition) is 8. The Morgan fingerprint density at radius 2 is 1.94 bits per heavy atom. The van der Waals surface area contributed by atoms with E-state index in [1.807, 2.05) is 42.5 Å². The van der Waals surface area contributed by atoms with Gasteiger partial charge in [-0.05, 0) is 43.7 Å². The highest BCUT2D eigenvalue weighted by Crippen LogP contribution is 2.38. The molecule has 0 saturated carbocycles. The molecule has 0 aliphatic carbocycles. The molecular formula is C28H29N3O5. The van der Waals surface area contributed by atoms with Crippen molar-refractivity contribution in [3.05, 3.63) is 60.4 Å². The number of aliphatic hydroxyl groups excluding tert-OH is 1. The summed E-state index contributed by atoms with van der Waals surface area (Å²) >= 11 is 0. The number of Topliss-reactive ketones (excluding diaryl/α,β-unsaturated/α-hetero) is 1. The van der Waals surface area contributed by atoms with E-state index in [1.165, 1.54) is 6.92 Å². The molecule has 1 fully saturated rings. The van der Waals surface area contributed by atoms with E-state index >= 15 is 0 Å². The van der Waals surface area contributed by atoms with Crippen LogP contribution in [-0.4, -0.2) is 65.2 Å². The van der Waals surface area contributed by atoms with Gasteiger partial charge in [0, 0.05) is 43.0 Å². The number of para-hydroxylation sites is 1. The van der Waals surface area contributed by atoms with Gasteiger partial charge in [-0.2, -0.15) is 0 Å². The number of methoxy groups -OCH3 is 1. The second-order valence-electron chi connectivity index (χ2n) is 8.96. The highest BCUT2D eigenvalue weighted by molar-refractivity contribution is 5.98. The number of ether oxygens (including phenoxy) is 3. The molecule has 1 atom stereocenters. The topological polar surface area (TPSA) is 94.0 Å². The van der Waals surface area contributed by atoms with E-state index in [4.69, 9.17) is 14.2 Å².